The Morgan fingerprint density at radius 2 is 2.05 bits per heavy atom. The van der Waals surface area contributed by atoms with Gasteiger partial charge in [-0.3, -0.25) is 9.69 Å². The highest BCUT2D eigenvalue weighted by atomic mass is 35.5. The van der Waals surface area contributed by atoms with Crippen LogP contribution in [0.25, 0.3) is 0 Å². The van der Waals surface area contributed by atoms with Gasteiger partial charge < -0.3 is 14.8 Å². The topological polar surface area (TPSA) is 50.8 Å². The lowest BCUT2D eigenvalue weighted by Crippen LogP contribution is -2.52. The van der Waals surface area contributed by atoms with Gasteiger partial charge in [0.15, 0.2) is 0 Å². The van der Waals surface area contributed by atoms with E-state index in [0.29, 0.717) is 16.5 Å². The van der Waals surface area contributed by atoms with Crippen molar-refractivity contribution < 1.29 is 14.3 Å². The Bertz CT molecular complexity index is 528. The van der Waals surface area contributed by atoms with Crippen molar-refractivity contribution in [2.24, 2.45) is 0 Å². The van der Waals surface area contributed by atoms with Crippen molar-refractivity contribution in [2.75, 3.05) is 25.5 Å². The van der Waals surface area contributed by atoms with Crippen LogP contribution in [0.3, 0.4) is 0 Å². The molecule has 1 heterocycles. The van der Waals surface area contributed by atoms with E-state index in [2.05, 4.69) is 10.2 Å². The van der Waals surface area contributed by atoms with Crippen molar-refractivity contribution in [2.45, 2.75) is 39.0 Å². The number of anilines is 1. The van der Waals surface area contributed by atoms with E-state index in [4.69, 9.17) is 21.1 Å². The summed E-state index contributed by atoms with van der Waals surface area (Å²) >= 11 is 6.08. The third-order valence-corrected chi connectivity index (χ3v) is 4.09. The fourth-order valence-corrected chi connectivity index (χ4v) is 2.95. The van der Waals surface area contributed by atoms with E-state index >= 15 is 0 Å². The molecule has 0 aromatic heterocycles. The molecular formula is C16H23ClN2O3. The molecule has 122 valence electrons. The van der Waals surface area contributed by atoms with Gasteiger partial charge in [-0.25, -0.2) is 0 Å². The summed E-state index contributed by atoms with van der Waals surface area (Å²) in [5.74, 6) is 0.533. The van der Waals surface area contributed by atoms with Crippen LogP contribution in [-0.4, -0.2) is 49.3 Å². The molecule has 1 fully saturated rings. The Hall–Kier alpha value is -1.30. The van der Waals surface area contributed by atoms with Gasteiger partial charge in [0, 0.05) is 18.8 Å². The number of benzene rings is 1. The van der Waals surface area contributed by atoms with E-state index in [0.717, 1.165) is 13.1 Å². The molecule has 0 unspecified atom stereocenters. The fraction of sp³-hybridized carbons (Fsp3) is 0.562. The maximum atomic E-state index is 12.4. The largest absolute Gasteiger partial charge is 0.495 e. The Morgan fingerprint density at radius 1 is 1.41 bits per heavy atom. The number of ether oxygens (including phenoxy) is 2. The summed E-state index contributed by atoms with van der Waals surface area (Å²) in [7, 11) is 1.56. The molecule has 1 aromatic carbocycles. The van der Waals surface area contributed by atoms with Crippen molar-refractivity contribution in [3.63, 3.8) is 0 Å². The number of hydrogen-bond acceptors (Lipinski definition) is 4. The number of carbonyl (C=O) groups excluding carboxylic acids is 1. The SMILES string of the molecule is COc1ccc(NC(=O)[C@H](C)N2C[C@@H](C)O[C@H](C)C2)cc1Cl. The highest BCUT2D eigenvalue weighted by Gasteiger charge is 2.29. The lowest BCUT2D eigenvalue weighted by atomic mass is 10.1. The molecule has 22 heavy (non-hydrogen) atoms. The molecule has 1 aliphatic rings. The normalized spacial score (nSPS) is 23.9. The second-order valence-corrected chi connectivity index (χ2v) is 6.13. The first kappa shape index (κ1) is 17.1. The van der Waals surface area contributed by atoms with Crippen LogP contribution in [0.5, 0.6) is 5.75 Å². The Labute approximate surface area is 136 Å². The Kier molecular flexibility index (Phi) is 5.67. The average Bonchev–Trinajstić information content (AvgIpc) is 2.45. The molecule has 0 aliphatic carbocycles. The zero-order valence-electron chi connectivity index (χ0n) is 13.4. The first-order valence-corrected chi connectivity index (χ1v) is 7.82. The molecule has 0 bridgehead atoms. The molecule has 0 spiro atoms. The van der Waals surface area contributed by atoms with Gasteiger partial charge in [-0.15, -0.1) is 0 Å². The zero-order valence-corrected chi connectivity index (χ0v) is 14.2. The van der Waals surface area contributed by atoms with Crippen molar-refractivity contribution >= 4 is 23.2 Å². The van der Waals surface area contributed by atoms with Gasteiger partial charge in [0.2, 0.25) is 5.91 Å². The Balaban J connectivity index is 2.00. The first-order valence-electron chi connectivity index (χ1n) is 7.44. The second-order valence-electron chi connectivity index (χ2n) is 5.73. The first-order chi connectivity index (χ1) is 10.4. The van der Waals surface area contributed by atoms with Crippen LogP contribution in [0.15, 0.2) is 18.2 Å². The molecule has 0 radical (unpaired) electrons. The van der Waals surface area contributed by atoms with Gasteiger partial charge in [-0.05, 0) is 39.0 Å². The van der Waals surface area contributed by atoms with Gasteiger partial charge in [-0.1, -0.05) is 11.6 Å². The van der Waals surface area contributed by atoms with Crippen LogP contribution in [0.2, 0.25) is 5.02 Å². The lowest BCUT2D eigenvalue weighted by Gasteiger charge is -2.38. The maximum Gasteiger partial charge on any atom is 0.241 e. The number of nitrogens with one attached hydrogen (secondary N) is 1. The number of morpholine rings is 1. The quantitative estimate of drug-likeness (QED) is 0.924. The van der Waals surface area contributed by atoms with E-state index in [1.807, 2.05) is 20.8 Å². The number of nitrogens with zero attached hydrogens (tertiary/aromatic N) is 1. The minimum absolute atomic E-state index is 0.0532. The van der Waals surface area contributed by atoms with E-state index < -0.39 is 0 Å². The van der Waals surface area contributed by atoms with Gasteiger partial charge in [0.1, 0.15) is 5.75 Å². The molecule has 3 atom stereocenters. The van der Waals surface area contributed by atoms with Gasteiger partial charge in [0.25, 0.3) is 0 Å². The smallest absolute Gasteiger partial charge is 0.241 e. The molecule has 5 nitrogen and oxygen atoms in total. The van der Waals surface area contributed by atoms with Crippen LogP contribution in [0, 0.1) is 0 Å². The van der Waals surface area contributed by atoms with Crippen LogP contribution in [-0.2, 0) is 9.53 Å². The summed E-state index contributed by atoms with van der Waals surface area (Å²) in [6.45, 7) is 7.46. The summed E-state index contributed by atoms with van der Waals surface area (Å²) in [5.41, 5.74) is 0.664. The number of carbonyl (C=O) groups is 1. The summed E-state index contributed by atoms with van der Waals surface area (Å²) in [5, 5.41) is 3.37. The van der Waals surface area contributed by atoms with Crippen molar-refractivity contribution in [1.29, 1.82) is 0 Å². The van der Waals surface area contributed by atoms with Gasteiger partial charge >= 0.3 is 0 Å². The number of methoxy groups -OCH3 is 1. The van der Waals surface area contributed by atoms with Crippen LogP contribution in [0.4, 0.5) is 5.69 Å². The second kappa shape index (κ2) is 7.31. The average molecular weight is 327 g/mol. The highest BCUT2D eigenvalue weighted by Crippen LogP contribution is 2.27. The van der Waals surface area contributed by atoms with Crippen molar-refractivity contribution in [3.05, 3.63) is 23.2 Å². The zero-order chi connectivity index (χ0) is 16.3. The molecule has 1 amide bonds. The molecule has 1 aromatic rings. The third kappa shape index (κ3) is 4.12. The van der Waals surface area contributed by atoms with Gasteiger partial charge in [0.05, 0.1) is 30.4 Å². The maximum absolute atomic E-state index is 12.4. The summed E-state index contributed by atoms with van der Waals surface area (Å²) in [6, 6.07) is 4.98. The minimum atomic E-state index is -0.227. The van der Waals surface area contributed by atoms with E-state index in [1.165, 1.54) is 0 Å². The summed E-state index contributed by atoms with van der Waals surface area (Å²) in [4.78, 5) is 14.6. The van der Waals surface area contributed by atoms with Crippen molar-refractivity contribution in [3.8, 4) is 5.75 Å². The van der Waals surface area contributed by atoms with E-state index in [9.17, 15) is 4.79 Å². The van der Waals surface area contributed by atoms with Gasteiger partial charge in [-0.2, -0.15) is 0 Å². The van der Waals surface area contributed by atoms with E-state index in [-0.39, 0.29) is 24.2 Å². The fourth-order valence-electron chi connectivity index (χ4n) is 2.69. The van der Waals surface area contributed by atoms with Crippen LogP contribution in [0.1, 0.15) is 20.8 Å². The molecule has 1 aliphatic heterocycles. The summed E-state index contributed by atoms with van der Waals surface area (Å²) in [6.07, 6.45) is 0.267. The Morgan fingerprint density at radius 3 is 2.59 bits per heavy atom. The number of halogens is 1. The van der Waals surface area contributed by atoms with Crippen molar-refractivity contribution in [1.82, 2.24) is 4.90 Å². The molecule has 0 saturated carbocycles. The minimum Gasteiger partial charge on any atom is -0.495 e. The monoisotopic (exact) mass is 326 g/mol. The molecule has 6 heteroatoms. The standard InChI is InChI=1S/C16H23ClN2O3/c1-10-8-19(9-11(2)22-10)12(3)16(20)18-13-5-6-15(21-4)14(17)7-13/h5-7,10-12H,8-9H2,1-4H3,(H,18,20)/t10-,11-,12+/m1/s1. The summed E-state index contributed by atoms with van der Waals surface area (Å²) < 4.78 is 10.8. The highest BCUT2D eigenvalue weighted by molar-refractivity contribution is 6.32. The molecule has 1 saturated heterocycles. The lowest BCUT2D eigenvalue weighted by molar-refractivity contribution is -0.126. The van der Waals surface area contributed by atoms with Crippen LogP contribution < -0.4 is 10.1 Å². The number of hydrogen-bond donors (Lipinski definition) is 1. The number of amides is 1. The third-order valence-electron chi connectivity index (χ3n) is 3.79. The predicted molar refractivity (Wildman–Crippen MR) is 87.7 cm³/mol. The molecule has 1 N–H and O–H groups in total. The number of rotatable bonds is 4. The molecular weight excluding hydrogens is 304 g/mol. The molecule has 2 rings (SSSR count). The predicted octanol–water partition coefficient (Wildman–Crippen LogP) is 2.78. The van der Waals surface area contributed by atoms with E-state index in [1.54, 1.807) is 25.3 Å². The van der Waals surface area contributed by atoms with Crippen LogP contribution >= 0.6 is 11.6 Å².